The molecule has 0 amide bonds. The Labute approximate surface area is 181 Å². The Morgan fingerprint density at radius 3 is 2.40 bits per heavy atom. The molecule has 0 N–H and O–H groups in total. The predicted octanol–water partition coefficient (Wildman–Crippen LogP) is 5.47. The lowest BCUT2D eigenvalue weighted by Gasteiger charge is -2.20. The van der Waals surface area contributed by atoms with Crippen molar-refractivity contribution in [2.75, 3.05) is 6.54 Å². The van der Waals surface area contributed by atoms with E-state index in [9.17, 15) is 4.79 Å². The summed E-state index contributed by atoms with van der Waals surface area (Å²) in [6, 6.07) is 17.1. The molecule has 0 atom stereocenters. The van der Waals surface area contributed by atoms with Gasteiger partial charge in [-0.15, -0.1) is 0 Å². The van der Waals surface area contributed by atoms with Crippen molar-refractivity contribution in [3.63, 3.8) is 0 Å². The molecule has 2 fully saturated rings. The highest BCUT2D eigenvalue weighted by Gasteiger charge is 2.40. The van der Waals surface area contributed by atoms with Crippen molar-refractivity contribution in [2.24, 2.45) is 0 Å². The van der Waals surface area contributed by atoms with E-state index in [2.05, 4.69) is 15.5 Å². The standard InChI is InChI=1S/C25H24ClN3O/c1-16-25(24(30)15-28-19-7-8-20(28)10-9-19)22-11-2-17(12-13-27)14-23(22)29(16)21-5-3-18(26)4-6-21/h2-6,11,14,19-20H,7-10,12,15H2,1H3. The number of Topliss-reactive ketones (excluding diaryl/α,β-unsaturated/α-hetero) is 1. The summed E-state index contributed by atoms with van der Waals surface area (Å²) in [6.45, 7) is 2.51. The first-order valence-electron chi connectivity index (χ1n) is 10.6. The van der Waals surface area contributed by atoms with E-state index >= 15 is 0 Å². The first kappa shape index (κ1) is 19.4. The molecule has 5 heteroatoms. The molecule has 2 aliphatic heterocycles. The van der Waals surface area contributed by atoms with E-state index < -0.39 is 0 Å². The van der Waals surface area contributed by atoms with Gasteiger partial charge in [-0.1, -0.05) is 23.7 Å². The average Bonchev–Trinajstić information content (AvgIpc) is 3.39. The summed E-state index contributed by atoms with van der Waals surface area (Å²) in [6.07, 6.45) is 5.24. The average molecular weight is 418 g/mol. The summed E-state index contributed by atoms with van der Waals surface area (Å²) in [5, 5.41) is 10.8. The Balaban J connectivity index is 1.62. The van der Waals surface area contributed by atoms with Gasteiger partial charge in [0.1, 0.15) is 0 Å². The van der Waals surface area contributed by atoms with Crippen molar-refractivity contribution in [3.8, 4) is 11.8 Å². The molecular weight excluding hydrogens is 394 g/mol. The van der Waals surface area contributed by atoms with Crippen LogP contribution in [0.2, 0.25) is 5.02 Å². The maximum atomic E-state index is 13.5. The third-order valence-electron chi connectivity index (χ3n) is 6.85. The first-order chi connectivity index (χ1) is 14.6. The van der Waals surface area contributed by atoms with E-state index in [0.29, 0.717) is 30.1 Å². The lowest BCUT2D eigenvalue weighted by atomic mass is 10.0. The van der Waals surface area contributed by atoms with Gasteiger partial charge in [0.05, 0.1) is 24.6 Å². The van der Waals surface area contributed by atoms with Crippen LogP contribution in [0.25, 0.3) is 16.6 Å². The van der Waals surface area contributed by atoms with Gasteiger partial charge < -0.3 is 4.57 Å². The number of rotatable bonds is 5. The molecule has 3 heterocycles. The number of fused-ring (bicyclic) bond motifs is 3. The molecule has 5 rings (SSSR count). The van der Waals surface area contributed by atoms with E-state index in [4.69, 9.17) is 16.9 Å². The predicted molar refractivity (Wildman–Crippen MR) is 119 cm³/mol. The largest absolute Gasteiger partial charge is 0.313 e. The fourth-order valence-electron chi connectivity index (χ4n) is 5.46. The number of carbonyl (C=O) groups excluding carboxylic acids is 1. The van der Waals surface area contributed by atoms with Crippen molar-refractivity contribution >= 4 is 28.3 Å². The van der Waals surface area contributed by atoms with Crippen LogP contribution in [0.1, 0.15) is 47.3 Å². The van der Waals surface area contributed by atoms with Crippen LogP contribution < -0.4 is 0 Å². The molecule has 30 heavy (non-hydrogen) atoms. The van der Waals surface area contributed by atoms with E-state index in [1.807, 2.05) is 49.4 Å². The van der Waals surface area contributed by atoms with Crippen LogP contribution in [-0.4, -0.2) is 33.9 Å². The van der Waals surface area contributed by atoms with Gasteiger partial charge in [0.2, 0.25) is 0 Å². The summed E-state index contributed by atoms with van der Waals surface area (Å²) in [7, 11) is 0. The van der Waals surface area contributed by atoms with Gasteiger partial charge in [-0.25, -0.2) is 0 Å². The highest BCUT2D eigenvalue weighted by atomic mass is 35.5. The number of ketones is 1. The molecule has 3 aromatic rings. The zero-order valence-electron chi connectivity index (χ0n) is 17.1. The van der Waals surface area contributed by atoms with Crippen LogP contribution in [-0.2, 0) is 6.42 Å². The minimum Gasteiger partial charge on any atom is -0.313 e. The molecule has 2 saturated heterocycles. The highest BCUT2D eigenvalue weighted by molar-refractivity contribution is 6.30. The molecule has 0 aliphatic carbocycles. The second-order valence-electron chi connectivity index (χ2n) is 8.52. The van der Waals surface area contributed by atoms with Crippen LogP contribution in [0.15, 0.2) is 42.5 Å². The lowest BCUT2D eigenvalue weighted by molar-refractivity contribution is 0.0919. The van der Waals surface area contributed by atoms with Crippen molar-refractivity contribution in [1.82, 2.24) is 9.47 Å². The summed E-state index contributed by atoms with van der Waals surface area (Å²) in [5.41, 5.74) is 4.63. The molecular formula is C25H24ClN3O. The quantitative estimate of drug-likeness (QED) is 0.517. The maximum Gasteiger partial charge on any atom is 0.179 e. The fraction of sp³-hybridized carbons (Fsp3) is 0.360. The first-order valence-corrected chi connectivity index (χ1v) is 11.0. The Kier molecular flexibility index (Phi) is 4.89. The van der Waals surface area contributed by atoms with E-state index in [0.717, 1.165) is 33.4 Å². The number of nitriles is 1. The van der Waals surface area contributed by atoms with Crippen LogP contribution in [0.4, 0.5) is 0 Å². The molecule has 0 unspecified atom stereocenters. The number of aromatic nitrogens is 1. The van der Waals surface area contributed by atoms with Gasteiger partial charge in [0.15, 0.2) is 5.78 Å². The molecule has 2 aromatic carbocycles. The summed E-state index contributed by atoms with van der Waals surface area (Å²) in [4.78, 5) is 16.0. The second-order valence-corrected chi connectivity index (χ2v) is 8.95. The number of halogens is 1. The van der Waals surface area contributed by atoms with Gasteiger partial charge in [0.25, 0.3) is 0 Å². The molecule has 2 aliphatic rings. The zero-order chi connectivity index (χ0) is 20.8. The third kappa shape index (κ3) is 3.14. The van der Waals surface area contributed by atoms with E-state index in [1.54, 1.807) is 0 Å². The topological polar surface area (TPSA) is 49.0 Å². The molecule has 152 valence electrons. The Morgan fingerprint density at radius 2 is 1.77 bits per heavy atom. The Bertz CT molecular complexity index is 1150. The number of carbonyl (C=O) groups is 1. The maximum absolute atomic E-state index is 13.5. The Hall–Kier alpha value is -2.61. The zero-order valence-corrected chi connectivity index (χ0v) is 17.8. The summed E-state index contributed by atoms with van der Waals surface area (Å²) < 4.78 is 2.12. The molecule has 0 spiro atoms. The molecule has 0 saturated carbocycles. The highest BCUT2D eigenvalue weighted by Crippen LogP contribution is 2.38. The monoisotopic (exact) mass is 417 g/mol. The van der Waals surface area contributed by atoms with Crippen molar-refractivity contribution in [1.29, 1.82) is 5.26 Å². The van der Waals surface area contributed by atoms with Gasteiger partial charge in [0, 0.05) is 39.4 Å². The molecule has 2 bridgehead atoms. The molecule has 1 aromatic heterocycles. The van der Waals surface area contributed by atoms with Gasteiger partial charge in [-0.3, -0.25) is 9.69 Å². The van der Waals surface area contributed by atoms with Crippen molar-refractivity contribution < 1.29 is 4.79 Å². The van der Waals surface area contributed by atoms with E-state index in [1.165, 1.54) is 25.7 Å². The van der Waals surface area contributed by atoms with Crippen LogP contribution in [0, 0.1) is 18.3 Å². The van der Waals surface area contributed by atoms with Gasteiger partial charge >= 0.3 is 0 Å². The smallest absolute Gasteiger partial charge is 0.179 e. The number of nitrogens with zero attached hydrogens (tertiary/aromatic N) is 3. The molecule has 4 nitrogen and oxygen atoms in total. The minimum atomic E-state index is 0.192. The second kappa shape index (κ2) is 7.58. The van der Waals surface area contributed by atoms with Gasteiger partial charge in [-0.2, -0.15) is 5.26 Å². The van der Waals surface area contributed by atoms with E-state index in [-0.39, 0.29) is 5.78 Å². The lowest BCUT2D eigenvalue weighted by Crippen LogP contribution is -2.34. The van der Waals surface area contributed by atoms with Crippen LogP contribution in [0.3, 0.4) is 0 Å². The summed E-state index contributed by atoms with van der Waals surface area (Å²) >= 11 is 6.10. The number of hydrogen-bond donors (Lipinski definition) is 0. The van der Waals surface area contributed by atoms with Crippen molar-refractivity contribution in [3.05, 3.63) is 64.3 Å². The van der Waals surface area contributed by atoms with Crippen LogP contribution >= 0.6 is 11.6 Å². The fourth-order valence-corrected chi connectivity index (χ4v) is 5.59. The van der Waals surface area contributed by atoms with Crippen molar-refractivity contribution in [2.45, 2.75) is 51.1 Å². The number of benzene rings is 2. The SMILES string of the molecule is Cc1c(C(=O)CN2C3CCC2CC3)c2ccc(CC#N)cc2n1-c1ccc(Cl)cc1. The minimum absolute atomic E-state index is 0.192. The van der Waals surface area contributed by atoms with Gasteiger partial charge in [-0.05, 0) is 68.5 Å². The Morgan fingerprint density at radius 1 is 1.10 bits per heavy atom. The third-order valence-corrected chi connectivity index (χ3v) is 7.10. The number of hydrogen-bond acceptors (Lipinski definition) is 3. The summed E-state index contributed by atoms with van der Waals surface area (Å²) in [5.74, 6) is 0.192. The normalized spacial score (nSPS) is 20.7. The van der Waals surface area contributed by atoms with Crippen LogP contribution in [0.5, 0.6) is 0 Å². The molecule has 0 radical (unpaired) electrons.